The molecule has 0 atom stereocenters. The van der Waals surface area contributed by atoms with Gasteiger partial charge in [0, 0.05) is 11.9 Å². The van der Waals surface area contributed by atoms with Crippen molar-refractivity contribution in [3.05, 3.63) is 28.5 Å². The normalized spacial score (nSPS) is 10.0. The number of rotatable bonds is 6. The minimum atomic E-state index is -2.67. The number of nitrogens with one attached hydrogen (secondary N) is 2. The van der Waals surface area contributed by atoms with Gasteiger partial charge in [0.2, 0.25) is 0 Å². The van der Waals surface area contributed by atoms with E-state index in [0.29, 0.717) is 24.5 Å². The zero-order chi connectivity index (χ0) is 17.2. The number of aryl methyl sites for hydroxylation is 1. The number of aromatic amines is 1. The number of aromatic nitrogens is 3. The monoisotopic (exact) mass is 347 g/mol. The van der Waals surface area contributed by atoms with Gasteiger partial charge in [-0.3, -0.25) is 14.7 Å². The molecular weight excluding hydrogens is 332 g/mol. The molecule has 0 aliphatic heterocycles. The molecule has 5 N–H and O–H groups in total. The van der Waals surface area contributed by atoms with Crippen LogP contribution in [0.25, 0.3) is 0 Å². The zero-order valence-corrected chi connectivity index (χ0v) is 12.6. The number of alkyl halides is 2. The van der Waals surface area contributed by atoms with Crippen LogP contribution in [0.4, 0.5) is 13.9 Å². The van der Waals surface area contributed by atoms with Crippen LogP contribution in [0, 0.1) is 0 Å². The van der Waals surface area contributed by atoms with Gasteiger partial charge in [-0.25, -0.2) is 13.8 Å². The van der Waals surface area contributed by atoms with Crippen molar-refractivity contribution < 1.29 is 23.5 Å². The van der Waals surface area contributed by atoms with Crippen LogP contribution in [0.2, 0.25) is 0 Å². The number of carbonyl (C=O) groups excluding carboxylic acids is 1. The van der Waals surface area contributed by atoms with Crippen LogP contribution in [0.1, 0.15) is 34.7 Å². The topological polar surface area (TPSA) is 134 Å². The second-order valence-corrected chi connectivity index (χ2v) is 5.04. The Morgan fingerprint density at radius 2 is 2.26 bits per heavy atom. The van der Waals surface area contributed by atoms with Crippen molar-refractivity contribution in [2.24, 2.45) is 0 Å². The van der Waals surface area contributed by atoms with E-state index in [9.17, 15) is 13.6 Å². The highest BCUT2D eigenvalue weighted by atomic mass is 32.1. The lowest BCUT2D eigenvalue weighted by Gasteiger charge is -2.01. The number of hydrogen-bond acceptors (Lipinski definition) is 6. The molecule has 0 unspecified atom stereocenters. The molecule has 0 aromatic carbocycles. The molecule has 11 heteroatoms. The highest BCUT2D eigenvalue weighted by Crippen LogP contribution is 2.16. The number of carboxylic acid groups (broad SMARTS) is 1. The highest BCUT2D eigenvalue weighted by molar-refractivity contribution is 7.13. The van der Waals surface area contributed by atoms with E-state index in [0.717, 1.165) is 11.8 Å². The second kappa shape index (κ2) is 9.46. The van der Waals surface area contributed by atoms with Gasteiger partial charge in [-0.05, 0) is 18.9 Å². The quantitative estimate of drug-likeness (QED) is 0.461. The van der Waals surface area contributed by atoms with Crippen LogP contribution in [-0.2, 0) is 11.2 Å². The summed E-state index contributed by atoms with van der Waals surface area (Å²) in [6.45, 7) is 0.160. The van der Waals surface area contributed by atoms with E-state index in [4.69, 9.17) is 15.6 Å². The standard InChI is InChI=1S/C11H13F2N5OS.CH2O2/c12-9(13)7-4-8(18-17-7)10(19)15-3-1-2-6-5-20-11(14)16-6;2-1-3/h4-5,9H,1-3H2,(H2,14,16)(H,15,19)(H,17,18);1H,(H,2,3). The molecule has 2 aromatic heterocycles. The third kappa shape index (κ3) is 6.38. The first-order valence-electron chi connectivity index (χ1n) is 6.37. The van der Waals surface area contributed by atoms with E-state index in [1.807, 2.05) is 5.38 Å². The average molecular weight is 347 g/mol. The molecule has 0 saturated heterocycles. The largest absolute Gasteiger partial charge is 0.483 e. The maximum Gasteiger partial charge on any atom is 0.290 e. The SMILES string of the molecule is Nc1nc(CCCNC(=O)c2cc(C(F)F)[nH]n2)cs1.O=CO. The fourth-order valence-electron chi connectivity index (χ4n) is 1.56. The first kappa shape index (κ1) is 18.5. The Kier molecular flexibility index (Phi) is 7.60. The summed E-state index contributed by atoms with van der Waals surface area (Å²) >= 11 is 1.37. The van der Waals surface area contributed by atoms with Gasteiger partial charge < -0.3 is 16.2 Å². The summed E-state index contributed by atoms with van der Waals surface area (Å²) in [4.78, 5) is 24.1. The van der Waals surface area contributed by atoms with Crippen LogP contribution in [0.5, 0.6) is 0 Å². The molecule has 1 amide bonds. The smallest absolute Gasteiger partial charge is 0.290 e. The minimum Gasteiger partial charge on any atom is -0.483 e. The first-order chi connectivity index (χ1) is 11.0. The van der Waals surface area contributed by atoms with E-state index in [1.54, 1.807) is 0 Å². The summed E-state index contributed by atoms with van der Waals surface area (Å²) in [5.41, 5.74) is 5.96. The molecule has 0 bridgehead atoms. The van der Waals surface area contributed by atoms with E-state index in [-0.39, 0.29) is 17.9 Å². The lowest BCUT2D eigenvalue weighted by molar-refractivity contribution is -0.122. The summed E-state index contributed by atoms with van der Waals surface area (Å²) in [5.74, 6) is -0.481. The fraction of sp³-hybridized carbons (Fsp3) is 0.333. The second-order valence-electron chi connectivity index (χ2n) is 4.15. The van der Waals surface area contributed by atoms with E-state index >= 15 is 0 Å². The van der Waals surface area contributed by atoms with Gasteiger partial charge in [0.25, 0.3) is 18.8 Å². The lowest BCUT2D eigenvalue weighted by Crippen LogP contribution is -2.25. The average Bonchev–Trinajstić information content (AvgIpc) is 3.13. The van der Waals surface area contributed by atoms with Crippen LogP contribution >= 0.6 is 11.3 Å². The maximum absolute atomic E-state index is 12.3. The van der Waals surface area contributed by atoms with Gasteiger partial charge in [0.05, 0.1) is 5.69 Å². The number of anilines is 1. The summed E-state index contributed by atoms with van der Waals surface area (Å²) < 4.78 is 24.6. The summed E-state index contributed by atoms with van der Waals surface area (Å²) in [6, 6.07) is 1.04. The lowest BCUT2D eigenvalue weighted by atomic mass is 10.2. The zero-order valence-electron chi connectivity index (χ0n) is 11.8. The number of carbonyl (C=O) groups is 2. The Bertz CT molecular complexity index is 632. The van der Waals surface area contributed by atoms with Crippen LogP contribution in [-0.4, -0.2) is 39.2 Å². The highest BCUT2D eigenvalue weighted by Gasteiger charge is 2.15. The Morgan fingerprint density at radius 3 is 2.78 bits per heavy atom. The number of nitrogen functional groups attached to an aromatic ring is 1. The molecule has 23 heavy (non-hydrogen) atoms. The number of H-pyrrole nitrogens is 1. The van der Waals surface area contributed by atoms with Crippen molar-refractivity contribution in [1.29, 1.82) is 0 Å². The molecule has 0 aliphatic rings. The van der Waals surface area contributed by atoms with Crippen LogP contribution < -0.4 is 11.1 Å². The molecule has 0 aliphatic carbocycles. The Morgan fingerprint density at radius 1 is 1.57 bits per heavy atom. The summed E-state index contributed by atoms with van der Waals surface area (Å²) in [7, 11) is 0. The van der Waals surface area contributed by atoms with Crippen molar-refractivity contribution >= 4 is 28.8 Å². The Hall–Kier alpha value is -2.56. The number of nitrogens with zero attached hydrogens (tertiary/aromatic N) is 2. The van der Waals surface area contributed by atoms with Crippen molar-refractivity contribution in [2.75, 3.05) is 12.3 Å². The van der Waals surface area contributed by atoms with E-state index in [2.05, 4.69) is 20.5 Å². The molecule has 126 valence electrons. The van der Waals surface area contributed by atoms with Gasteiger partial charge in [-0.15, -0.1) is 11.3 Å². The Labute approximate surface area is 133 Å². The maximum atomic E-state index is 12.3. The third-order valence-electron chi connectivity index (χ3n) is 2.53. The minimum absolute atomic E-state index is 0.0433. The molecular formula is C12H15F2N5O3S. The molecule has 0 fully saturated rings. The van der Waals surface area contributed by atoms with Crippen LogP contribution in [0.15, 0.2) is 11.4 Å². The van der Waals surface area contributed by atoms with Gasteiger partial charge in [0.15, 0.2) is 5.13 Å². The van der Waals surface area contributed by atoms with Crippen molar-refractivity contribution in [3.63, 3.8) is 0 Å². The Balaban J connectivity index is 0.000000816. The van der Waals surface area contributed by atoms with Gasteiger partial charge in [-0.1, -0.05) is 0 Å². The summed E-state index contributed by atoms with van der Waals surface area (Å²) in [5, 5.41) is 17.5. The predicted octanol–water partition coefficient (Wildman–Crippen LogP) is 1.45. The molecule has 2 aromatic rings. The number of thiazole rings is 1. The number of nitrogens with two attached hydrogens (primary N) is 1. The van der Waals surface area contributed by atoms with Crippen LogP contribution in [0.3, 0.4) is 0 Å². The van der Waals surface area contributed by atoms with Crippen molar-refractivity contribution in [1.82, 2.24) is 20.5 Å². The molecule has 2 rings (SSSR count). The summed E-state index contributed by atoms with van der Waals surface area (Å²) in [6.07, 6.45) is -1.29. The molecule has 0 saturated carbocycles. The fourth-order valence-corrected chi connectivity index (χ4v) is 2.16. The number of amides is 1. The predicted molar refractivity (Wildman–Crippen MR) is 79.4 cm³/mol. The van der Waals surface area contributed by atoms with Gasteiger partial charge >= 0.3 is 0 Å². The first-order valence-corrected chi connectivity index (χ1v) is 7.25. The van der Waals surface area contributed by atoms with E-state index in [1.165, 1.54) is 11.3 Å². The third-order valence-corrected chi connectivity index (χ3v) is 3.25. The number of halogens is 2. The molecule has 0 radical (unpaired) electrons. The molecule has 0 spiro atoms. The molecule has 2 heterocycles. The van der Waals surface area contributed by atoms with Gasteiger partial charge in [0.1, 0.15) is 11.4 Å². The van der Waals surface area contributed by atoms with E-state index < -0.39 is 12.3 Å². The van der Waals surface area contributed by atoms with Gasteiger partial charge in [-0.2, -0.15) is 5.10 Å². The molecule has 8 nitrogen and oxygen atoms in total. The van der Waals surface area contributed by atoms with Crippen molar-refractivity contribution in [2.45, 2.75) is 19.3 Å². The number of hydrogen-bond donors (Lipinski definition) is 4. The van der Waals surface area contributed by atoms with Crippen molar-refractivity contribution in [3.8, 4) is 0 Å².